The molecule has 0 spiro atoms. The molecule has 0 atom stereocenters. The van der Waals surface area contributed by atoms with Crippen LogP contribution in [0.3, 0.4) is 0 Å². The minimum atomic E-state index is 0.349. The van der Waals surface area contributed by atoms with E-state index in [1.54, 1.807) is 11.3 Å². The Morgan fingerprint density at radius 2 is 2.20 bits per heavy atom. The van der Waals surface area contributed by atoms with E-state index in [0.29, 0.717) is 5.41 Å². The van der Waals surface area contributed by atoms with Gasteiger partial charge in [0.1, 0.15) is 5.01 Å². The molecule has 1 aromatic heterocycles. The molecule has 0 radical (unpaired) electrons. The molecule has 0 aromatic carbocycles. The van der Waals surface area contributed by atoms with Crippen molar-refractivity contribution < 1.29 is 4.74 Å². The van der Waals surface area contributed by atoms with Gasteiger partial charge in [-0.3, -0.25) is 0 Å². The summed E-state index contributed by atoms with van der Waals surface area (Å²) in [5, 5.41) is 4.64. The molecule has 1 aromatic rings. The van der Waals surface area contributed by atoms with E-state index < -0.39 is 0 Å². The Balaban J connectivity index is 1.78. The van der Waals surface area contributed by atoms with Crippen LogP contribution in [0.15, 0.2) is 0 Å². The molecule has 2 heterocycles. The van der Waals surface area contributed by atoms with Crippen molar-refractivity contribution in [2.45, 2.75) is 27.3 Å². The van der Waals surface area contributed by atoms with Crippen molar-refractivity contribution in [3.63, 3.8) is 0 Å². The lowest BCUT2D eigenvalue weighted by molar-refractivity contribution is -0.0991. The molecule has 1 fully saturated rings. The zero-order chi connectivity index (χ0) is 10.9. The number of ether oxygens (including phenoxy) is 1. The standard InChI is InChI=1S/C11H18N2OS/c1-8-9(2)15-10(13-8)4-12-5-11(3)6-14-7-11/h12H,4-7H2,1-3H3. The Morgan fingerprint density at radius 1 is 1.47 bits per heavy atom. The quantitative estimate of drug-likeness (QED) is 0.851. The minimum absolute atomic E-state index is 0.349. The molecule has 1 saturated heterocycles. The molecule has 2 rings (SSSR count). The summed E-state index contributed by atoms with van der Waals surface area (Å²) in [4.78, 5) is 5.82. The molecule has 0 amide bonds. The Hall–Kier alpha value is -0.450. The summed E-state index contributed by atoms with van der Waals surface area (Å²) in [6, 6.07) is 0. The minimum Gasteiger partial charge on any atom is -0.380 e. The average molecular weight is 226 g/mol. The normalized spacial score (nSPS) is 18.9. The van der Waals surface area contributed by atoms with Gasteiger partial charge in [-0.15, -0.1) is 11.3 Å². The molecule has 1 aliphatic rings. The predicted molar refractivity (Wildman–Crippen MR) is 62.2 cm³/mol. The van der Waals surface area contributed by atoms with Gasteiger partial charge < -0.3 is 10.1 Å². The number of hydrogen-bond donors (Lipinski definition) is 1. The molecule has 0 saturated carbocycles. The SMILES string of the molecule is Cc1nc(CNCC2(C)COC2)sc1C. The zero-order valence-electron chi connectivity index (χ0n) is 9.59. The number of rotatable bonds is 4. The molecule has 84 valence electrons. The number of hydrogen-bond acceptors (Lipinski definition) is 4. The van der Waals surface area contributed by atoms with E-state index in [0.717, 1.165) is 32.0 Å². The fraction of sp³-hybridized carbons (Fsp3) is 0.727. The Kier molecular flexibility index (Phi) is 3.09. The van der Waals surface area contributed by atoms with E-state index >= 15 is 0 Å². The maximum atomic E-state index is 5.21. The number of aromatic nitrogens is 1. The average Bonchev–Trinajstić information content (AvgIpc) is 2.43. The van der Waals surface area contributed by atoms with Gasteiger partial charge in [0.25, 0.3) is 0 Å². The third kappa shape index (κ3) is 2.56. The number of nitrogens with zero attached hydrogens (tertiary/aromatic N) is 1. The van der Waals surface area contributed by atoms with Crippen molar-refractivity contribution in [3.05, 3.63) is 15.6 Å². The highest BCUT2D eigenvalue weighted by molar-refractivity contribution is 7.11. The first-order valence-corrected chi connectivity index (χ1v) is 6.12. The van der Waals surface area contributed by atoms with Crippen molar-refractivity contribution >= 4 is 11.3 Å². The van der Waals surface area contributed by atoms with E-state index in [1.165, 1.54) is 9.88 Å². The Bertz CT molecular complexity index is 325. The molecule has 1 aliphatic heterocycles. The molecule has 4 heteroatoms. The lowest BCUT2D eigenvalue weighted by Crippen LogP contribution is -2.47. The summed E-state index contributed by atoms with van der Waals surface area (Å²) in [6.07, 6.45) is 0. The fourth-order valence-electron chi connectivity index (χ4n) is 1.64. The largest absolute Gasteiger partial charge is 0.380 e. The van der Waals surface area contributed by atoms with E-state index in [4.69, 9.17) is 4.74 Å². The summed E-state index contributed by atoms with van der Waals surface area (Å²) < 4.78 is 5.21. The van der Waals surface area contributed by atoms with Crippen molar-refractivity contribution in [2.75, 3.05) is 19.8 Å². The van der Waals surface area contributed by atoms with Crippen LogP contribution in [0.25, 0.3) is 0 Å². The third-order valence-corrected chi connectivity index (χ3v) is 3.87. The fourth-order valence-corrected chi connectivity index (χ4v) is 2.54. The third-order valence-electron chi connectivity index (χ3n) is 2.80. The highest BCUT2D eigenvalue weighted by atomic mass is 32.1. The highest BCUT2D eigenvalue weighted by Gasteiger charge is 2.32. The summed E-state index contributed by atoms with van der Waals surface area (Å²) in [6.45, 7) is 10.1. The van der Waals surface area contributed by atoms with Gasteiger partial charge in [0.15, 0.2) is 0 Å². The number of aryl methyl sites for hydroxylation is 2. The van der Waals surface area contributed by atoms with Crippen LogP contribution in [-0.4, -0.2) is 24.7 Å². The zero-order valence-corrected chi connectivity index (χ0v) is 10.4. The molecule has 3 nitrogen and oxygen atoms in total. The first-order valence-electron chi connectivity index (χ1n) is 5.30. The van der Waals surface area contributed by atoms with Gasteiger partial charge in [0.05, 0.1) is 18.9 Å². The van der Waals surface area contributed by atoms with Gasteiger partial charge in [-0.25, -0.2) is 4.98 Å². The Morgan fingerprint density at radius 3 is 2.67 bits per heavy atom. The van der Waals surface area contributed by atoms with Crippen molar-refractivity contribution in [1.29, 1.82) is 0 Å². The summed E-state index contributed by atoms with van der Waals surface area (Å²) in [5.74, 6) is 0. The van der Waals surface area contributed by atoms with Crippen LogP contribution in [0.4, 0.5) is 0 Å². The first kappa shape index (κ1) is 11.0. The second-order valence-electron chi connectivity index (χ2n) is 4.66. The van der Waals surface area contributed by atoms with E-state index in [9.17, 15) is 0 Å². The van der Waals surface area contributed by atoms with Gasteiger partial charge in [0, 0.05) is 23.4 Å². The van der Waals surface area contributed by atoms with Crippen LogP contribution in [0.5, 0.6) is 0 Å². The summed E-state index contributed by atoms with van der Waals surface area (Å²) in [7, 11) is 0. The number of thiazole rings is 1. The number of nitrogens with one attached hydrogen (secondary N) is 1. The van der Waals surface area contributed by atoms with Gasteiger partial charge in [0.2, 0.25) is 0 Å². The highest BCUT2D eigenvalue weighted by Crippen LogP contribution is 2.25. The lowest BCUT2D eigenvalue weighted by atomic mass is 9.89. The molecule has 15 heavy (non-hydrogen) atoms. The van der Waals surface area contributed by atoms with E-state index in [-0.39, 0.29) is 0 Å². The predicted octanol–water partition coefficient (Wildman–Crippen LogP) is 1.89. The van der Waals surface area contributed by atoms with Crippen LogP contribution in [-0.2, 0) is 11.3 Å². The maximum Gasteiger partial charge on any atom is 0.107 e. The molecular formula is C11H18N2OS. The van der Waals surface area contributed by atoms with Gasteiger partial charge in [-0.2, -0.15) is 0 Å². The van der Waals surface area contributed by atoms with Gasteiger partial charge in [-0.05, 0) is 13.8 Å². The van der Waals surface area contributed by atoms with Crippen molar-refractivity contribution in [1.82, 2.24) is 10.3 Å². The molecule has 0 aliphatic carbocycles. The van der Waals surface area contributed by atoms with Crippen molar-refractivity contribution in [2.24, 2.45) is 5.41 Å². The van der Waals surface area contributed by atoms with E-state index in [1.807, 2.05) is 0 Å². The smallest absolute Gasteiger partial charge is 0.107 e. The van der Waals surface area contributed by atoms with Gasteiger partial charge >= 0.3 is 0 Å². The molecule has 0 bridgehead atoms. The maximum absolute atomic E-state index is 5.21. The molecule has 1 N–H and O–H groups in total. The molecule has 0 unspecified atom stereocenters. The van der Waals surface area contributed by atoms with Gasteiger partial charge in [-0.1, -0.05) is 6.92 Å². The van der Waals surface area contributed by atoms with Crippen LogP contribution in [0.1, 0.15) is 22.5 Å². The van der Waals surface area contributed by atoms with Crippen LogP contribution in [0, 0.1) is 19.3 Å². The Labute approximate surface area is 94.9 Å². The van der Waals surface area contributed by atoms with Crippen molar-refractivity contribution in [3.8, 4) is 0 Å². The molecular weight excluding hydrogens is 208 g/mol. The monoisotopic (exact) mass is 226 g/mol. The second-order valence-corrected chi connectivity index (χ2v) is 5.94. The van der Waals surface area contributed by atoms with Crippen LogP contribution in [0.2, 0.25) is 0 Å². The topological polar surface area (TPSA) is 34.2 Å². The second kappa shape index (κ2) is 4.20. The summed E-state index contributed by atoms with van der Waals surface area (Å²) >= 11 is 1.79. The van der Waals surface area contributed by atoms with Crippen LogP contribution >= 0.6 is 11.3 Å². The first-order chi connectivity index (χ1) is 7.09. The van der Waals surface area contributed by atoms with Crippen LogP contribution < -0.4 is 5.32 Å². The lowest BCUT2D eigenvalue weighted by Gasteiger charge is -2.38. The van der Waals surface area contributed by atoms with E-state index in [2.05, 4.69) is 31.1 Å². The summed E-state index contributed by atoms with van der Waals surface area (Å²) in [5.41, 5.74) is 1.51.